The molecule has 6 unspecified atom stereocenters. The average Bonchev–Trinajstić information content (AvgIpc) is 1.77. The van der Waals surface area contributed by atoms with Gasteiger partial charge in [-0.05, 0) is 143 Å². The van der Waals surface area contributed by atoms with Crippen LogP contribution in [0, 0.1) is 61.2 Å². The number of likely N-dealkylation sites (tertiary alicyclic amines) is 1. The number of carbonyl (C=O) groups excluding carboxylic acids is 7. The number of aliphatic imine (C=N–C) groups is 1. The van der Waals surface area contributed by atoms with Gasteiger partial charge in [0, 0.05) is 98.4 Å². The monoisotopic (exact) mass is 1630 g/mol. The van der Waals surface area contributed by atoms with E-state index in [-0.39, 0.29) is 152 Å². The van der Waals surface area contributed by atoms with Gasteiger partial charge in [-0.3, -0.25) is 67.7 Å². The normalized spacial score (nSPS) is 16.0. The fourth-order valence-corrected chi connectivity index (χ4v) is 13.7. The Bertz CT molecular complexity index is 3650. The van der Waals surface area contributed by atoms with Crippen LogP contribution in [0.3, 0.4) is 0 Å². The molecule has 3 fully saturated rings. The molecule has 4 heterocycles. The molecule has 17 N–H and O–H groups in total. The van der Waals surface area contributed by atoms with E-state index >= 15 is 0 Å². The molecule has 0 radical (unpaired) electrons. The van der Waals surface area contributed by atoms with Gasteiger partial charge in [0.05, 0.1) is 49.0 Å². The second kappa shape index (κ2) is 44.8. The minimum atomic E-state index is -1.28. The molecule has 105 heavy (non-hydrogen) atoms. The van der Waals surface area contributed by atoms with E-state index in [1.165, 1.54) is 17.0 Å². The van der Waals surface area contributed by atoms with Crippen molar-refractivity contribution in [2.45, 2.75) is 157 Å². The third-order valence-corrected chi connectivity index (χ3v) is 18.7. The first-order valence-corrected chi connectivity index (χ1v) is 35.9. The Morgan fingerprint density at radius 3 is 1.69 bits per heavy atom. The van der Waals surface area contributed by atoms with Crippen LogP contribution in [-0.4, -0.2) is 204 Å². The Balaban J connectivity index is 0.0000173. The van der Waals surface area contributed by atoms with Crippen LogP contribution in [0.2, 0.25) is 0 Å². The molecule has 6 atom stereocenters. The number of hydrogen-bond donors (Lipinski definition) is 15. The smallest absolute Gasteiger partial charge is 0.480 e. The van der Waals surface area contributed by atoms with Gasteiger partial charge in [0.2, 0.25) is 35.4 Å². The van der Waals surface area contributed by atoms with Crippen molar-refractivity contribution in [1.82, 2.24) is 51.6 Å². The number of fused-ring (bicyclic) bond motifs is 1. The summed E-state index contributed by atoms with van der Waals surface area (Å²) in [5, 5.41) is 65.0. The first-order valence-electron chi connectivity index (χ1n) is 34.6. The van der Waals surface area contributed by atoms with Gasteiger partial charge >= 0.3 is 79.3 Å². The number of anilines is 3. The molecule has 3 aliphatic heterocycles. The van der Waals surface area contributed by atoms with E-state index in [1.807, 2.05) is 30.3 Å². The van der Waals surface area contributed by atoms with Crippen LogP contribution < -0.4 is 59.3 Å². The number of rotatable bonds is 43. The molecule has 0 saturated carbocycles. The molecule has 0 bridgehead atoms. The number of nitrogens with two attached hydrogens (primary N) is 2. The molecule has 3 aliphatic rings. The van der Waals surface area contributed by atoms with Crippen molar-refractivity contribution < 1.29 is 123 Å². The minimum Gasteiger partial charge on any atom is -0.480 e. The molecule has 1 aromatic heterocycles. The average molecular weight is 1630 g/mol. The van der Waals surface area contributed by atoms with Gasteiger partial charge in [0.1, 0.15) is 18.1 Å². The van der Waals surface area contributed by atoms with Gasteiger partial charge in [-0.1, -0.05) is 61.4 Å². The number of pyridine rings is 1. The van der Waals surface area contributed by atoms with Crippen LogP contribution in [0.5, 0.6) is 0 Å². The van der Waals surface area contributed by atoms with E-state index in [1.54, 1.807) is 60.3 Å². The number of amides is 8. The SMILES string of the molecule is NC(N)=NCCCC(NC(=O)C1CCN1C(=O)C(Cc1ccccc1)NC(=O)CCCCCNC(=O)CCCCCNC(=O)CCCCC1CC2NC(=O)NC2S1)C(=O)Nc1ccc(NC(=S)Nc2ccc(C#Cc3cc(CN(CC(=O)O)CC(=O)O)nc(CN(CC(=O)O)CC(=O)O)c3)cc2)cc1.[Eu+3]. The summed E-state index contributed by atoms with van der Waals surface area (Å²) < 4.78 is 0. The number of carboxylic acids is 4. The van der Waals surface area contributed by atoms with Crippen LogP contribution in [0.15, 0.2) is 96.0 Å². The van der Waals surface area contributed by atoms with Gasteiger partial charge in [0.15, 0.2) is 11.1 Å². The van der Waals surface area contributed by atoms with Crippen LogP contribution in [-0.2, 0) is 67.5 Å². The Hall–Kier alpha value is -8.85. The van der Waals surface area contributed by atoms with Gasteiger partial charge in [-0.15, -0.1) is 11.8 Å². The van der Waals surface area contributed by atoms with Gasteiger partial charge in [-0.2, -0.15) is 0 Å². The maximum absolute atomic E-state index is 14.3. The molecule has 8 amide bonds. The van der Waals surface area contributed by atoms with Crippen molar-refractivity contribution in [2.75, 3.05) is 68.3 Å². The maximum atomic E-state index is 14.3. The van der Waals surface area contributed by atoms with Crippen molar-refractivity contribution in [3.63, 3.8) is 0 Å². The molecule has 0 aliphatic carbocycles. The number of nitrogens with one attached hydrogen (secondary N) is 9. The molecule has 7 rings (SSSR count). The number of guanidine groups is 1. The van der Waals surface area contributed by atoms with Crippen LogP contribution in [0.25, 0.3) is 0 Å². The number of thioether (sulfide) groups is 1. The minimum absolute atomic E-state index is 0. The summed E-state index contributed by atoms with van der Waals surface area (Å²) in [5.74, 6) is -1.14. The summed E-state index contributed by atoms with van der Waals surface area (Å²) in [6, 6.07) is 22.8. The Kier molecular flexibility index (Phi) is 36.3. The zero-order chi connectivity index (χ0) is 74.9. The zero-order valence-electron chi connectivity index (χ0n) is 58.1. The fraction of sp³-hybridized carbons (Fsp3) is 0.465. The van der Waals surface area contributed by atoms with Crippen molar-refractivity contribution in [3.05, 3.63) is 119 Å². The molecular formula is C71H92EuN16O15S2+3. The topological polar surface area (TPSA) is 464 Å². The van der Waals surface area contributed by atoms with E-state index < -0.39 is 85.9 Å². The summed E-state index contributed by atoms with van der Waals surface area (Å²) in [6.07, 6.45) is 9.78. The van der Waals surface area contributed by atoms with Crippen LogP contribution in [0.1, 0.15) is 131 Å². The van der Waals surface area contributed by atoms with Gasteiger partial charge in [0.25, 0.3) is 0 Å². The second-order valence-electron chi connectivity index (χ2n) is 25.5. The van der Waals surface area contributed by atoms with E-state index in [9.17, 15) is 73.2 Å². The van der Waals surface area contributed by atoms with E-state index in [0.717, 1.165) is 53.9 Å². The predicted octanol–water partition coefficient (Wildman–Crippen LogP) is 3.46. The number of aliphatic carboxylic acids is 4. The van der Waals surface area contributed by atoms with Crippen molar-refractivity contribution in [3.8, 4) is 11.8 Å². The Labute approximate surface area is 659 Å². The standard InChI is InChI=1S/C71H92N16O15S2.Eu/c72-69(73)76-33-12-16-54(65(99)78-48-26-28-50(29-27-48)80-71(103)79-49-24-22-45(23-25-49)20-21-47-35-51(39-85(41-61(91)92)42-62(93)94)77-52(36-47)40-86(43-63(95)96)44-64(97)98)82-66(100)57-30-34-87(57)68(101)56(37-46-13-4-1-5-14-46)81-60(90)19-7-3-11-32-74-58(88)17-6-2-10-31-75-59(89)18-9-8-15-53-38-55-67(104-53)84-70(102)83-55;/h1,4-5,13-14,22-29,35-36,53-57,67H,2-3,6-12,15-19,30-34,37-44H2,(H,74,88)(H,75,89)(H,78,99)(H,81,90)(H,82,100)(H,91,92)(H,93,94)(H,95,96)(H,97,98)(H4,72,73,76)(H2,79,80,103)(H2,83,84,102);/q;+3. The van der Waals surface area contributed by atoms with Gasteiger partial charge < -0.3 is 84.6 Å². The summed E-state index contributed by atoms with van der Waals surface area (Å²) >= 11 is 7.39. The second-order valence-corrected chi connectivity index (χ2v) is 27.4. The summed E-state index contributed by atoms with van der Waals surface area (Å²) in [4.78, 5) is 150. The number of carbonyl (C=O) groups is 11. The van der Waals surface area contributed by atoms with E-state index in [2.05, 4.69) is 69.7 Å². The predicted molar refractivity (Wildman–Crippen MR) is 393 cm³/mol. The van der Waals surface area contributed by atoms with Crippen molar-refractivity contribution >= 4 is 117 Å². The van der Waals surface area contributed by atoms with Gasteiger partial charge in [-0.25, -0.2) is 4.79 Å². The molecule has 0 spiro atoms. The molecule has 3 saturated heterocycles. The van der Waals surface area contributed by atoms with E-state index in [0.29, 0.717) is 97.9 Å². The van der Waals surface area contributed by atoms with Crippen molar-refractivity contribution in [2.24, 2.45) is 16.5 Å². The summed E-state index contributed by atoms with van der Waals surface area (Å²) in [5.41, 5.74) is 14.8. The number of thiocarbonyl (C=S) groups is 1. The molecule has 562 valence electrons. The molecule has 31 nitrogen and oxygen atoms in total. The van der Waals surface area contributed by atoms with E-state index in [4.69, 9.17) is 23.7 Å². The number of benzene rings is 3. The molecule has 34 heteroatoms. The molecular weight excluding hydrogens is 1530 g/mol. The third-order valence-electron chi connectivity index (χ3n) is 16.9. The quantitative estimate of drug-likeness (QED) is 0.00991. The molecule has 4 aromatic rings. The third kappa shape index (κ3) is 31.8. The van der Waals surface area contributed by atoms with Crippen LogP contribution in [0.4, 0.5) is 21.9 Å². The zero-order valence-corrected chi connectivity index (χ0v) is 62.1. The Morgan fingerprint density at radius 1 is 0.638 bits per heavy atom. The summed E-state index contributed by atoms with van der Waals surface area (Å²) in [6.45, 7) is -1.50. The Morgan fingerprint density at radius 2 is 1.16 bits per heavy atom. The number of aromatic nitrogens is 1. The maximum Gasteiger partial charge on any atom is 3.00 e. The number of unbranched alkanes of at least 4 members (excludes halogenated alkanes) is 5. The first-order chi connectivity index (χ1) is 49.9. The fourth-order valence-electron chi connectivity index (χ4n) is 11.9. The summed E-state index contributed by atoms with van der Waals surface area (Å²) in [7, 11) is 0. The first kappa shape index (κ1) is 85.1. The van der Waals surface area contributed by atoms with Crippen LogP contribution >= 0.6 is 24.0 Å². The largest absolute Gasteiger partial charge is 3.00 e. The number of nitrogens with zero attached hydrogens (tertiary/aromatic N) is 5. The number of urea groups is 1. The number of hydrogen-bond acceptors (Lipinski definition) is 17. The van der Waals surface area contributed by atoms with Crippen molar-refractivity contribution in [1.29, 1.82) is 0 Å². The number of carboxylic acid groups (broad SMARTS) is 4. The molecule has 3 aromatic carbocycles.